The van der Waals surface area contributed by atoms with Gasteiger partial charge < -0.3 is 21.1 Å². The number of nitro groups is 1. The zero-order chi connectivity index (χ0) is 33.4. The van der Waals surface area contributed by atoms with Gasteiger partial charge >= 0.3 is 7.12 Å². The van der Waals surface area contributed by atoms with Gasteiger partial charge in [0.1, 0.15) is 5.78 Å². The number of nitrogens with two attached hydrogens (primary N) is 1. The lowest BCUT2D eigenvalue weighted by atomic mass is 9.74. The second-order valence-corrected chi connectivity index (χ2v) is 11.9. The summed E-state index contributed by atoms with van der Waals surface area (Å²) in [5.41, 5.74) is 8.09. The van der Waals surface area contributed by atoms with Crippen molar-refractivity contribution in [2.24, 2.45) is 22.6 Å². The van der Waals surface area contributed by atoms with Crippen molar-refractivity contribution in [2.75, 3.05) is 13.1 Å². The van der Waals surface area contributed by atoms with Crippen LogP contribution in [0.1, 0.15) is 112 Å². The van der Waals surface area contributed by atoms with Crippen molar-refractivity contribution in [3.63, 3.8) is 0 Å². The molecule has 3 amide bonds. The normalized spacial score (nSPS) is 14.3. The molecule has 0 bridgehead atoms. The maximum atomic E-state index is 13.0. The number of benzene rings is 1. The van der Waals surface area contributed by atoms with E-state index in [-0.39, 0.29) is 48.9 Å². The average molecular weight is 631 g/mol. The molecule has 0 fully saturated rings. The molecule has 2 rings (SSSR count). The number of fused-ring (bicyclic) bond motifs is 1. The zero-order valence-corrected chi connectivity index (χ0v) is 26.3. The van der Waals surface area contributed by atoms with Gasteiger partial charge in [0.25, 0.3) is 17.8 Å². The van der Waals surface area contributed by atoms with Gasteiger partial charge in [0.2, 0.25) is 5.91 Å². The van der Waals surface area contributed by atoms with E-state index in [1.807, 2.05) is 13.8 Å². The molecule has 0 spiro atoms. The van der Waals surface area contributed by atoms with Gasteiger partial charge in [-0.05, 0) is 50.2 Å². The lowest BCUT2D eigenvalue weighted by Crippen LogP contribution is -2.49. The third kappa shape index (κ3) is 13.4. The maximum absolute atomic E-state index is 13.0. The van der Waals surface area contributed by atoms with Crippen molar-refractivity contribution in [1.82, 2.24) is 15.6 Å². The number of rotatable bonds is 22. The smallest absolute Gasteiger partial charge is 0.426 e. The summed E-state index contributed by atoms with van der Waals surface area (Å²) in [5.74, 6) is -2.84. The number of guanidine groups is 1. The summed E-state index contributed by atoms with van der Waals surface area (Å²) >= 11 is 0. The molecule has 0 radical (unpaired) electrons. The molecule has 1 aromatic carbocycles. The Hall–Kier alpha value is -3.85. The van der Waals surface area contributed by atoms with Crippen LogP contribution in [-0.2, 0) is 9.59 Å². The van der Waals surface area contributed by atoms with Gasteiger partial charge in [-0.3, -0.25) is 24.1 Å². The summed E-state index contributed by atoms with van der Waals surface area (Å²) in [5, 5.41) is 31.7. The summed E-state index contributed by atoms with van der Waals surface area (Å²) in [7, 11) is -1.74. The van der Waals surface area contributed by atoms with E-state index < -0.39 is 29.9 Å². The third-order valence-corrected chi connectivity index (χ3v) is 7.67. The molecule has 6 N–H and O–H groups in total. The highest BCUT2D eigenvalue weighted by Crippen LogP contribution is 2.23. The highest BCUT2D eigenvalue weighted by atomic mass is 16.7. The zero-order valence-electron chi connectivity index (χ0n) is 26.3. The molecule has 1 aliphatic rings. The molecular formula is C30H47BN6O8. The number of ketones is 1. The van der Waals surface area contributed by atoms with Gasteiger partial charge in [-0.1, -0.05) is 63.5 Å². The van der Waals surface area contributed by atoms with Crippen LogP contribution < -0.4 is 16.5 Å². The standard InChI is InChI=1S/C30H47BN6O8/c1-21(2)19-26(31(42)43)34-27(39)22(13-12-17-33-30(32)35-37(44)45)20-23(38)14-8-6-4-3-5-7-11-18-36-28(40)24-15-9-10-16-25(24)29(36)41/h9-10,15-16,21-22,26,42-43H,3-8,11-14,17-20H2,1-2H3,(H,34,39)(H3,32,33,35)/t22-,26+/m1/s1. The second-order valence-electron chi connectivity index (χ2n) is 11.9. The number of nitrogens with zero attached hydrogens (tertiary/aromatic N) is 3. The topological polar surface area (TPSA) is 218 Å². The van der Waals surface area contributed by atoms with E-state index in [2.05, 4.69) is 10.3 Å². The van der Waals surface area contributed by atoms with Gasteiger partial charge in [0.05, 0.1) is 17.1 Å². The Morgan fingerprint density at radius 1 is 1.00 bits per heavy atom. The molecule has 2 atom stereocenters. The van der Waals surface area contributed by atoms with Crippen molar-refractivity contribution < 1.29 is 34.3 Å². The van der Waals surface area contributed by atoms with Crippen molar-refractivity contribution in [3.8, 4) is 0 Å². The predicted molar refractivity (Wildman–Crippen MR) is 169 cm³/mol. The molecule has 248 valence electrons. The summed E-state index contributed by atoms with van der Waals surface area (Å²) in [4.78, 5) is 66.3. The van der Waals surface area contributed by atoms with E-state index in [9.17, 15) is 39.3 Å². The van der Waals surface area contributed by atoms with Crippen molar-refractivity contribution >= 4 is 36.6 Å². The van der Waals surface area contributed by atoms with Gasteiger partial charge in [0, 0.05) is 31.8 Å². The number of nitrogens with one attached hydrogen (secondary N) is 2. The average Bonchev–Trinajstić information content (AvgIpc) is 3.21. The van der Waals surface area contributed by atoms with Gasteiger partial charge in [-0.25, -0.2) is 15.1 Å². The van der Waals surface area contributed by atoms with Crippen LogP contribution in [0.15, 0.2) is 29.3 Å². The van der Waals surface area contributed by atoms with Gasteiger partial charge in [-0.15, -0.1) is 0 Å². The minimum Gasteiger partial charge on any atom is -0.426 e. The predicted octanol–water partition coefficient (Wildman–Crippen LogP) is 2.40. The molecule has 1 heterocycles. The monoisotopic (exact) mass is 630 g/mol. The largest absolute Gasteiger partial charge is 0.475 e. The van der Waals surface area contributed by atoms with Crippen molar-refractivity contribution in [3.05, 3.63) is 45.5 Å². The van der Waals surface area contributed by atoms with Crippen LogP contribution in [0, 0.1) is 22.0 Å². The van der Waals surface area contributed by atoms with Crippen molar-refractivity contribution in [1.29, 1.82) is 0 Å². The first-order valence-electron chi connectivity index (χ1n) is 15.7. The van der Waals surface area contributed by atoms with Crippen LogP contribution >= 0.6 is 0 Å². The van der Waals surface area contributed by atoms with Gasteiger partial charge in [-0.2, -0.15) is 0 Å². The number of aliphatic imine (C=N–C) groups is 1. The number of hydrazine groups is 1. The summed E-state index contributed by atoms with van der Waals surface area (Å²) in [6.07, 6.45) is 7.29. The van der Waals surface area contributed by atoms with Crippen LogP contribution in [0.2, 0.25) is 0 Å². The Balaban J connectivity index is 1.71. The number of Topliss-reactive ketones (excluding diaryl/α,β-unsaturated/α-hetero) is 1. The Bertz CT molecular complexity index is 1160. The molecule has 0 aliphatic carbocycles. The second kappa shape index (κ2) is 19.5. The molecule has 15 heteroatoms. The molecule has 14 nitrogen and oxygen atoms in total. The molecule has 0 saturated carbocycles. The maximum Gasteiger partial charge on any atom is 0.475 e. The van der Waals surface area contributed by atoms with E-state index in [0.717, 1.165) is 38.5 Å². The molecule has 0 unspecified atom stereocenters. The molecular weight excluding hydrogens is 583 g/mol. The summed E-state index contributed by atoms with van der Waals surface area (Å²) in [6.45, 7) is 4.30. The number of hydrogen-bond donors (Lipinski definition) is 5. The molecule has 45 heavy (non-hydrogen) atoms. The fraction of sp³-hybridized carbons (Fsp3) is 0.633. The number of carbonyl (C=O) groups is 4. The van der Waals surface area contributed by atoms with Crippen LogP contribution in [0.5, 0.6) is 0 Å². The van der Waals surface area contributed by atoms with E-state index in [1.165, 1.54) is 4.90 Å². The first-order chi connectivity index (χ1) is 21.4. The lowest BCUT2D eigenvalue weighted by molar-refractivity contribution is -0.525. The minimum absolute atomic E-state index is 0.00803. The third-order valence-electron chi connectivity index (χ3n) is 7.67. The van der Waals surface area contributed by atoms with Crippen LogP contribution in [0.25, 0.3) is 0 Å². The van der Waals surface area contributed by atoms with Crippen LogP contribution in [0.4, 0.5) is 0 Å². The summed E-state index contributed by atoms with van der Waals surface area (Å²) < 4.78 is 0. The first kappa shape index (κ1) is 37.3. The number of unbranched alkanes of at least 4 members (excludes halogenated alkanes) is 6. The Morgan fingerprint density at radius 2 is 1.58 bits per heavy atom. The minimum atomic E-state index is -1.74. The molecule has 0 aromatic heterocycles. The van der Waals surface area contributed by atoms with E-state index in [0.29, 0.717) is 43.4 Å². The molecule has 1 aliphatic heterocycles. The quantitative estimate of drug-likeness (QED) is 0.0240. The first-order valence-corrected chi connectivity index (χ1v) is 15.7. The Labute approximate surface area is 264 Å². The number of hydrogen-bond acceptors (Lipinski definition) is 9. The fourth-order valence-corrected chi connectivity index (χ4v) is 5.35. The summed E-state index contributed by atoms with van der Waals surface area (Å²) in [6, 6.07) is 6.86. The van der Waals surface area contributed by atoms with Gasteiger partial charge in [0.15, 0.2) is 5.03 Å². The molecule has 1 aromatic rings. The van der Waals surface area contributed by atoms with E-state index in [1.54, 1.807) is 29.7 Å². The lowest BCUT2D eigenvalue weighted by Gasteiger charge is -2.23. The number of imide groups is 1. The van der Waals surface area contributed by atoms with Crippen molar-refractivity contribution in [2.45, 2.75) is 96.8 Å². The number of amides is 3. The number of carbonyl (C=O) groups excluding carboxylic acids is 4. The van der Waals surface area contributed by atoms with Crippen LogP contribution in [-0.4, -0.2) is 75.6 Å². The van der Waals surface area contributed by atoms with E-state index in [4.69, 9.17) is 5.73 Å². The fourth-order valence-electron chi connectivity index (χ4n) is 5.35. The SMILES string of the molecule is CC(C)C[C@H](NC(=O)[C@H](CCCN=C(N)N[N+](=O)[O-])CC(=O)CCCCCCCCCN1C(=O)c2ccccc2C1=O)B(O)O. The van der Waals surface area contributed by atoms with E-state index >= 15 is 0 Å². The molecule has 0 saturated heterocycles. The van der Waals surface area contributed by atoms with Crippen LogP contribution in [0.3, 0.4) is 0 Å². The Kier molecular flexibility index (Phi) is 16.2. The highest BCUT2D eigenvalue weighted by Gasteiger charge is 2.34. The Morgan fingerprint density at radius 3 is 2.13 bits per heavy atom. The highest BCUT2D eigenvalue weighted by molar-refractivity contribution is 6.43.